The van der Waals surface area contributed by atoms with Gasteiger partial charge in [-0.15, -0.1) is 0 Å². The third kappa shape index (κ3) is 3.89. The maximum atomic E-state index is 12.2. The molecule has 6 nitrogen and oxygen atoms in total. The molecule has 2 aromatic carbocycles. The third-order valence-corrected chi connectivity index (χ3v) is 4.82. The van der Waals surface area contributed by atoms with Crippen molar-refractivity contribution in [1.82, 2.24) is 5.32 Å². The minimum atomic E-state index is -0.872. The molecule has 0 radical (unpaired) electrons. The minimum absolute atomic E-state index is 0.0395. The summed E-state index contributed by atoms with van der Waals surface area (Å²) in [4.78, 5) is 24.4. The molecule has 1 N–H and O–H groups in total. The largest absolute Gasteiger partial charge is 0.485 e. The Kier molecular flexibility index (Phi) is 4.96. The van der Waals surface area contributed by atoms with E-state index in [9.17, 15) is 9.59 Å². The van der Waals surface area contributed by atoms with Gasteiger partial charge in [-0.05, 0) is 42.5 Å². The first kappa shape index (κ1) is 17.4. The average Bonchev–Trinajstić information content (AvgIpc) is 2.72. The van der Waals surface area contributed by atoms with E-state index in [1.807, 2.05) is 24.3 Å². The Morgan fingerprint density at radius 2 is 1.85 bits per heavy atom. The molecule has 1 aliphatic carbocycles. The maximum absolute atomic E-state index is 12.2. The highest BCUT2D eigenvalue weighted by Gasteiger charge is 2.29. The van der Waals surface area contributed by atoms with Crippen LogP contribution in [0.2, 0.25) is 0 Å². The Morgan fingerprint density at radius 1 is 1.07 bits per heavy atom. The number of nitrogens with one attached hydrogen (secondary N) is 1. The molecule has 6 heteroatoms. The summed E-state index contributed by atoms with van der Waals surface area (Å²) in [5.41, 5.74) is 2.40. The van der Waals surface area contributed by atoms with Crippen LogP contribution in [0.15, 0.2) is 48.5 Å². The number of aryl methyl sites for hydroxylation is 1. The van der Waals surface area contributed by atoms with Crippen LogP contribution in [0.1, 0.15) is 30.0 Å². The van der Waals surface area contributed by atoms with Crippen molar-refractivity contribution in [1.29, 1.82) is 0 Å². The number of benzene rings is 2. The number of para-hydroxylation sites is 2. The number of carbonyl (C=O) groups excluding carboxylic acids is 2. The van der Waals surface area contributed by atoms with Gasteiger partial charge in [0.15, 0.2) is 18.1 Å². The van der Waals surface area contributed by atoms with Crippen molar-refractivity contribution in [3.63, 3.8) is 0 Å². The molecule has 2 aromatic rings. The molecule has 1 aliphatic heterocycles. The fourth-order valence-electron chi connectivity index (χ4n) is 3.51. The number of hydrogen-bond acceptors (Lipinski definition) is 5. The molecule has 1 heterocycles. The van der Waals surface area contributed by atoms with E-state index in [0.29, 0.717) is 11.5 Å². The summed E-state index contributed by atoms with van der Waals surface area (Å²) in [7, 11) is 0. The van der Waals surface area contributed by atoms with Crippen LogP contribution in [0.3, 0.4) is 0 Å². The second-order valence-electron chi connectivity index (χ2n) is 6.68. The highest BCUT2D eigenvalue weighted by Crippen LogP contribution is 2.31. The second-order valence-corrected chi connectivity index (χ2v) is 6.68. The molecule has 0 spiro atoms. The summed E-state index contributed by atoms with van der Waals surface area (Å²) in [6, 6.07) is 15.2. The number of fused-ring (bicyclic) bond motifs is 2. The van der Waals surface area contributed by atoms with Gasteiger partial charge in [-0.3, -0.25) is 4.79 Å². The number of ether oxygens (including phenoxy) is 3. The summed E-state index contributed by atoms with van der Waals surface area (Å²) in [5.74, 6) is 0.162. The summed E-state index contributed by atoms with van der Waals surface area (Å²) in [5, 5.41) is 2.96. The van der Waals surface area contributed by atoms with Crippen molar-refractivity contribution >= 4 is 11.9 Å². The van der Waals surface area contributed by atoms with Crippen LogP contribution in [0, 0.1) is 0 Å². The predicted molar refractivity (Wildman–Crippen MR) is 97.6 cm³/mol. The zero-order valence-electron chi connectivity index (χ0n) is 14.9. The zero-order chi connectivity index (χ0) is 18.6. The highest BCUT2D eigenvalue weighted by atomic mass is 16.6. The van der Waals surface area contributed by atoms with Crippen LogP contribution >= 0.6 is 0 Å². The molecular weight excluding hydrogens is 346 g/mol. The minimum Gasteiger partial charge on any atom is -0.485 e. The van der Waals surface area contributed by atoms with Gasteiger partial charge in [0.05, 0.1) is 6.04 Å². The normalized spacial score (nSPS) is 20.3. The lowest BCUT2D eigenvalue weighted by atomic mass is 9.88. The molecule has 4 rings (SSSR count). The third-order valence-electron chi connectivity index (χ3n) is 4.82. The summed E-state index contributed by atoms with van der Waals surface area (Å²) in [6.45, 7) is -0.271. The molecule has 2 atom stereocenters. The standard InChI is InChI=1S/C21H21NO5/c23-20(22-16-9-5-7-14-6-1-2-8-15(14)16)13-26-21(24)19-12-25-17-10-3-4-11-18(17)27-19/h1-4,6,8,10-11,16,19H,5,7,9,12-13H2,(H,22,23)/t16-,19-/m0/s1. The Hall–Kier alpha value is -3.02. The van der Waals surface area contributed by atoms with Crippen LogP contribution in [-0.2, 0) is 20.7 Å². The maximum Gasteiger partial charge on any atom is 0.351 e. The van der Waals surface area contributed by atoms with E-state index in [0.717, 1.165) is 24.8 Å². The van der Waals surface area contributed by atoms with Gasteiger partial charge in [-0.25, -0.2) is 4.79 Å². The van der Waals surface area contributed by atoms with Gasteiger partial charge >= 0.3 is 5.97 Å². The van der Waals surface area contributed by atoms with Crippen molar-refractivity contribution in [2.75, 3.05) is 13.2 Å². The molecule has 0 bridgehead atoms. The monoisotopic (exact) mass is 367 g/mol. The second kappa shape index (κ2) is 7.70. The lowest BCUT2D eigenvalue weighted by Gasteiger charge is -2.27. The van der Waals surface area contributed by atoms with E-state index in [4.69, 9.17) is 14.2 Å². The molecule has 0 aromatic heterocycles. The number of hydrogen-bond donors (Lipinski definition) is 1. The van der Waals surface area contributed by atoms with Gasteiger partial charge < -0.3 is 19.5 Å². The molecule has 140 valence electrons. The first-order chi connectivity index (χ1) is 13.2. The lowest BCUT2D eigenvalue weighted by molar-refractivity contribution is -0.157. The molecule has 0 unspecified atom stereocenters. The lowest BCUT2D eigenvalue weighted by Crippen LogP contribution is -2.40. The van der Waals surface area contributed by atoms with Gasteiger partial charge in [-0.1, -0.05) is 36.4 Å². The quantitative estimate of drug-likeness (QED) is 0.841. The van der Waals surface area contributed by atoms with E-state index >= 15 is 0 Å². The average molecular weight is 367 g/mol. The van der Waals surface area contributed by atoms with Gasteiger partial charge in [0.2, 0.25) is 6.10 Å². The molecule has 1 amide bonds. The molecule has 0 saturated heterocycles. The van der Waals surface area contributed by atoms with E-state index in [2.05, 4.69) is 11.4 Å². The topological polar surface area (TPSA) is 73.9 Å². The van der Waals surface area contributed by atoms with E-state index in [-0.39, 0.29) is 25.2 Å². The van der Waals surface area contributed by atoms with Gasteiger partial charge in [-0.2, -0.15) is 0 Å². The summed E-state index contributed by atoms with van der Waals surface area (Å²) < 4.78 is 16.2. The van der Waals surface area contributed by atoms with Crippen molar-refractivity contribution in [2.24, 2.45) is 0 Å². The van der Waals surface area contributed by atoms with E-state index < -0.39 is 12.1 Å². The fourth-order valence-corrected chi connectivity index (χ4v) is 3.51. The Bertz CT molecular complexity index is 850. The molecule has 27 heavy (non-hydrogen) atoms. The Balaban J connectivity index is 1.29. The van der Waals surface area contributed by atoms with Gasteiger partial charge in [0.25, 0.3) is 5.91 Å². The molecule has 0 saturated carbocycles. The first-order valence-electron chi connectivity index (χ1n) is 9.13. The van der Waals surface area contributed by atoms with Gasteiger partial charge in [0, 0.05) is 0 Å². The predicted octanol–water partition coefficient (Wildman–Crippen LogP) is 2.56. The number of rotatable bonds is 4. The van der Waals surface area contributed by atoms with Crippen LogP contribution in [0.5, 0.6) is 11.5 Å². The van der Waals surface area contributed by atoms with Crippen molar-refractivity contribution < 1.29 is 23.8 Å². The molecular formula is C21H21NO5. The van der Waals surface area contributed by atoms with Crippen LogP contribution in [0.4, 0.5) is 0 Å². The number of esters is 1. The number of amides is 1. The Labute approximate surface area is 157 Å². The van der Waals surface area contributed by atoms with Crippen molar-refractivity contribution in [3.8, 4) is 11.5 Å². The first-order valence-corrected chi connectivity index (χ1v) is 9.13. The smallest absolute Gasteiger partial charge is 0.351 e. The van der Waals surface area contributed by atoms with Gasteiger partial charge in [0.1, 0.15) is 6.61 Å². The summed E-state index contributed by atoms with van der Waals surface area (Å²) in [6.07, 6.45) is 2.06. The van der Waals surface area contributed by atoms with Crippen molar-refractivity contribution in [3.05, 3.63) is 59.7 Å². The SMILES string of the molecule is O=C(COC(=O)[C@@H]1COc2ccccc2O1)N[C@H]1CCCc2ccccc21. The van der Waals surface area contributed by atoms with E-state index in [1.54, 1.807) is 18.2 Å². The highest BCUT2D eigenvalue weighted by molar-refractivity contribution is 5.82. The zero-order valence-corrected chi connectivity index (χ0v) is 14.9. The van der Waals surface area contributed by atoms with Crippen LogP contribution in [-0.4, -0.2) is 31.2 Å². The number of carbonyl (C=O) groups is 2. The molecule has 0 fully saturated rings. The Morgan fingerprint density at radius 3 is 2.74 bits per heavy atom. The summed E-state index contributed by atoms with van der Waals surface area (Å²) >= 11 is 0. The fraction of sp³-hybridized carbons (Fsp3) is 0.333. The van der Waals surface area contributed by atoms with Crippen molar-refractivity contribution in [2.45, 2.75) is 31.4 Å². The van der Waals surface area contributed by atoms with Crippen LogP contribution < -0.4 is 14.8 Å². The molecule has 2 aliphatic rings. The van der Waals surface area contributed by atoms with E-state index in [1.165, 1.54) is 5.56 Å². The van der Waals surface area contributed by atoms with Crippen LogP contribution in [0.25, 0.3) is 0 Å².